The zero-order valence-corrected chi connectivity index (χ0v) is 3.29. The minimum absolute atomic E-state index is 1.40. The van der Waals surface area contributed by atoms with Gasteiger partial charge in [0.15, 0.2) is 5.22 Å². The third kappa shape index (κ3) is 0.357. The Morgan fingerprint density at radius 3 is 2.83 bits per heavy atom. The summed E-state index contributed by atoms with van der Waals surface area (Å²) in [4.78, 5) is 0. The van der Waals surface area contributed by atoms with Crippen LogP contribution < -0.4 is 5.10 Å². The molecule has 0 aromatic carbocycles. The van der Waals surface area contributed by atoms with Crippen LogP contribution in [0.15, 0.2) is 10.4 Å². The van der Waals surface area contributed by atoms with Gasteiger partial charge in [-0.1, -0.05) is 5.01 Å². The zero-order chi connectivity index (χ0) is 4.41. The van der Waals surface area contributed by atoms with Crippen molar-refractivity contribution in [2.24, 2.45) is 10.4 Å². The van der Waals surface area contributed by atoms with Crippen LogP contribution >= 0.6 is 0 Å². The second-order valence-corrected chi connectivity index (χ2v) is 0.902. The maximum Gasteiger partial charge on any atom is 0.403 e. The first-order valence-electron chi connectivity index (χ1n) is 1.49. The molecule has 0 unspecified atom stereocenters. The van der Waals surface area contributed by atoms with Gasteiger partial charge < -0.3 is 0 Å². The largest absolute Gasteiger partial charge is 0.403 e. The van der Waals surface area contributed by atoms with E-state index in [2.05, 4.69) is 21.9 Å². The van der Waals surface area contributed by atoms with Crippen LogP contribution in [0, 0.1) is 0 Å². The van der Waals surface area contributed by atoms with Crippen LogP contribution in [0.25, 0.3) is 0 Å². The van der Waals surface area contributed by atoms with Crippen molar-refractivity contribution in [1.29, 1.82) is 0 Å². The molecule has 0 saturated carbocycles. The van der Waals surface area contributed by atoms with E-state index >= 15 is 0 Å². The molecule has 1 aliphatic heterocycles. The topological polar surface area (TPSA) is 42.1 Å². The van der Waals surface area contributed by atoms with Crippen molar-refractivity contribution in [2.75, 3.05) is 7.05 Å². The molecular weight excluding hydrogens is 80.0 g/mol. The van der Waals surface area contributed by atoms with E-state index in [0.717, 1.165) is 0 Å². The van der Waals surface area contributed by atoms with Gasteiger partial charge in [-0.05, 0) is 0 Å². The molecule has 4 nitrogen and oxygen atoms in total. The monoisotopic (exact) mass is 83.0 g/mol. The summed E-state index contributed by atoms with van der Waals surface area (Å²) in [5.41, 5.74) is 0. The summed E-state index contributed by atoms with van der Waals surface area (Å²) in [7, 11) is 1.71. The van der Waals surface area contributed by atoms with Gasteiger partial charge in [0, 0.05) is 0 Å². The van der Waals surface area contributed by atoms with Crippen LogP contribution in [0.2, 0.25) is 0 Å². The Morgan fingerprint density at radius 2 is 2.67 bits per heavy atom. The molecule has 30 valence electrons. The highest BCUT2D eigenvalue weighted by Crippen LogP contribution is 1.80. The summed E-state index contributed by atoms with van der Waals surface area (Å²) >= 11 is 0. The lowest BCUT2D eigenvalue weighted by molar-refractivity contribution is 0.541. The molecule has 0 atom stereocenters. The molecule has 1 aliphatic rings. The molecule has 4 heteroatoms. The maximum absolute atomic E-state index is 3.42. The molecule has 2 radical (unpaired) electrons. The molecule has 0 bridgehead atoms. The Labute approximate surface area is 35.1 Å². The van der Waals surface area contributed by atoms with Gasteiger partial charge in [-0.3, -0.25) is 0 Å². The fourth-order valence-electron chi connectivity index (χ4n) is 0.185. The van der Waals surface area contributed by atoms with Crippen molar-refractivity contribution >= 4 is 6.34 Å². The van der Waals surface area contributed by atoms with Crippen molar-refractivity contribution in [1.82, 2.24) is 10.1 Å². The Balaban J connectivity index is 2.60. The van der Waals surface area contributed by atoms with Gasteiger partial charge in [0.2, 0.25) is 0 Å². The molecule has 6 heavy (non-hydrogen) atoms. The lowest BCUT2D eigenvalue weighted by Crippen LogP contribution is -2.02. The van der Waals surface area contributed by atoms with E-state index in [4.69, 9.17) is 0 Å². The molecule has 1 heterocycles. The first kappa shape index (κ1) is 3.27. The standard InChI is InChI=1S/C2H3N4/c1-6-2-3-4-5-6/h1H3/q+1. The highest BCUT2D eigenvalue weighted by Gasteiger charge is 2.06. The van der Waals surface area contributed by atoms with E-state index < -0.39 is 0 Å². The van der Waals surface area contributed by atoms with Gasteiger partial charge >= 0.3 is 6.34 Å². The minimum Gasteiger partial charge on any atom is -0.0778 e. The summed E-state index contributed by atoms with van der Waals surface area (Å²) in [6.45, 7) is 0. The lowest BCUT2D eigenvalue weighted by Gasteiger charge is -1.72. The normalized spacial score (nSPS) is 17.2. The molecular formula is C2H3N4+. The van der Waals surface area contributed by atoms with Crippen LogP contribution in [0.1, 0.15) is 0 Å². The van der Waals surface area contributed by atoms with Crippen molar-refractivity contribution in [3.63, 3.8) is 0 Å². The number of hydrogen-bond donors (Lipinski definition) is 0. The zero-order valence-electron chi connectivity index (χ0n) is 3.29. The van der Waals surface area contributed by atoms with E-state index in [1.807, 2.05) is 0 Å². The number of nitrogens with zero attached hydrogens (tertiary/aromatic N) is 4. The van der Waals surface area contributed by atoms with E-state index in [-0.39, 0.29) is 0 Å². The lowest BCUT2D eigenvalue weighted by atomic mass is 11.1. The predicted octanol–water partition coefficient (Wildman–Crippen LogP) is -0.545. The highest BCUT2D eigenvalue weighted by atomic mass is 15.7. The van der Waals surface area contributed by atoms with Gasteiger partial charge in [0.1, 0.15) is 5.22 Å². The van der Waals surface area contributed by atoms with Crippen LogP contribution in [0.5, 0.6) is 0 Å². The summed E-state index contributed by atoms with van der Waals surface area (Å²) < 4.78 is 0. The second-order valence-electron chi connectivity index (χ2n) is 0.902. The van der Waals surface area contributed by atoms with Gasteiger partial charge in [0.05, 0.1) is 12.1 Å². The average molecular weight is 83.1 g/mol. The average Bonchev–Trinajstić information content (AvgIpc) is 1.86. The first-order chi connectivity index (χ1) is 2.89. The molecule has 0 aliphatic carbocycles. The minimum atomic E-state index is 1.40. The van der Waals surface area contributed by atoms with E-state index in [9.17, 15) is 0 Å². The second kappa shape index (κ2) is 1.04. The molecule has 0 aromatic rings. The Bertz CT molecular complexity index is 81.7. The fourth-order valence-corrected chi connectivity index (χ4v) is 0.185. The van der Waals surface area contributed by atoms with E-state index in [1.54, 1.807) is 7.05 Å². The Hall–Kier alpha value is -0.930. The third-order valence-corrected chi connectivity index (χ3v) is 0.408. The van der Waals surface area contributed by atoms with Gasteiger partial charge in [-0.25, -0.2) is 0 Å². The summed E-state index contributed by atoms with van der Waals surface area (Å²) in [5.74, 6) is 0. The quantitative estimate of drug-likeness (QED) is 0.387. The van der Waals surface area contributed by atoms with Crippen LogP contribution in [-0.4, -0.2) is 18.4 Å². The summed E-state index contributed by atoms with van der Waals surface area (Å²) in [5, 5.41) is 11.3. The van der Waals surface area contributed by atoms with Crippen LogP contribution in [0.3, 0.4) is 0 Å². The molecule has 0 amide bonds. The van der Waals surface area contributed by atoms with E-state index in [1.165, 1.54) is 5.01 Å². The first-order valence-corrected chi connectivity index (χ1v) is 1.49. The fraction of sp³-hybridized carbons (Fsp3) is 0.500. The van der Waals surface area contributed by atoms with Gasteiger partial charge in [0.25, 0.3) is 0 Å². The smallest absolute Gasteiger partial charge is 0.0778 e. The summed E-state index contributed by atoms with van der Waals surface area (Å²) in [6, 6.07) is 0. The number of hydrogen-bond acceptors (Lipinski definition) is 4. The molecule has 0 fully saturated rings. The SMILES string of the molecule is CN1[C]=[N+]N=N1. The van der Waals surface area contributed by atoms with Crippen LogP contribution in [0.4, 0.5) is 0 Å². The number of rotatable bonds is 0. The maximum atomic E-state index is 3.42. The molecule has 0 saturated heterocycles. The molecule has 0 aromatic heterocycles. The van der Waals surface area contributed by atoms with Gasteiger partial charge in [-0.15, -0.1) is 0 Å². The molecule has 0 N–H and O–H groups in total. The summed E-state index contributed by atoms with van der Waals surface area (Å²) in [6.07, 6.45) is 2.44. The third-order valence-electron chi connectivity index (χ3n) is 0.408. The van der Waals surface area contributed by atoms with Crippen LogP contribution in [-0.2, 0) is 0 Å². The predicted molar refractivity (Wildman–Crippen MR) is 19.8 cm³/mol. The van der Waals surface area contributed by atoms with Crippen molar-refractivity contribution in [3.8, 4) is 0 Å². The Kier molecular flexibility index (Phi) is 0.567. The highest BCUT2D eigenvalue weighted by molar-refractivity contribution is 5.52. The van der Waals surface area contributed by atoms with Crippen molar-refractivity contribution in [2.45, 2.75) is 0 Å². The van der Waals surface area contributed by atoms with Gasteiger partial charge in [-0.2, -0.15) is 0 Å². The molecule has 0 spiro atoms. The van der Waals surface area contributed by atoms with Crippen molar-refractivity contribution in [3.05, 3.63) is 0 Å². The Morgan fingerprint density at radius 1 is 1.83 bits per heavy atom. The molecule has 1 rings (SSSR count). The van der Waals surface area contributed by atoms with E-state index in [0.29, 0.717) is 0 Å². The van der Waals surface area contributed by atoms with Crippen molar-refractivity contribution < 1.29 is 0 Å².